The summed E-state index contributed by atoms with van der Waals surface area (Å²) in [5.74, 6) is -5.21. The van der Waals surface area contributed by atoms with Gasteiger partial charge in [-0.25, -0.2) is 4.98 Å². The molecule has 1 aliphatic heterocycles. The minimum absolute atomic E-state index is 0.0615. The molecule has 2 heterocycles. The zero-order chi connectivity index (χ0) is 28.4. The SMILES string of the molecule is CCOc1ccc2nc(NC(=O)C(=O)C3C(=O)N(C(=O)c4ccc([N+](=O)[O-])cc4)N=C3c3ccccc3)sc2c1. The van der Waals surface area contributed by atoms with Crippen LogP contribution in [0.1, 0.15) is 22.8 Å². The van der Waals surface area contributed by atoms with Crippen LogP contribution in [0.2, 0.25) is 0 Å². The lowest BCUT2D eigenvalue weighted by atomic mass is 9.92. The summed E-state index contributed by atoms with van der Waals surface area (Å²) in [7, 11) is 0. The van der Waals surface area contributed by atoms with Gasteiger partial charge in [-0.1, -0.05) is 41.7 Å². The van der Waals surface area contributed by atoms with Gasteiger partial charge in [0.1, 0.15) is 5.75 Å². The van der Waals surface area contributed by atoms with Gasteiger partial charge in [0, 0.05) is 17.7 Å². The normalized spacial score (nSPS) is 14.6. The lowest BCUT2D eigenvalue weighted by Gasteiger charge is -2.12. The van der Waals surface area contributed by atoms with Crippen molar-refractivity contribution in [1.29, 1.82) is 0 Å². The summed E-state index contributed by atoms with van der Waals surface area (Å²) in [5.41, 5.74) is 0.565. The number of hydrogen-bond acceptors (Lipinski definition) is 10. The molecule has 3 amide bonds. The standard InChI is InChI=1S/C27H19N5O7S/c1-2-39-18-12-13-19-20(14-18)40-27(28-19)29-24(34)23(33)21-22(15-6-4-3-5-7-15)30-31(26(21)36)25(35)16-8-10-17(11-9-16)32(37)38/h3-14,21H,2H2,1H3,(H,28,29,34). The second-order valence-electron chi connectivity index (χ2n) is 8.44. The molecule has 0 fully saturated rings. The van der Waals surface area contributed by atoms with Gasteiger partial charge in [-0.15, -0.1) is 0 Å². The number of nitrogens with zero attached hydrogens (tertiary/aromatic N) is 4. The average molecular weight is 558 g/mol. The molecule has 0 spiro atoms. The number of fused-ring (bicyclic) bond motifs is 1. The molecule has 1 aliphatic rings. The summed E-state index contributed by atoms with van der Waals surface area (Å²) >= 11 is 1.13. The molecule has 1 aromatic heterocycles. The number of carbonyl (C=O) groups is 4. The minimum atomic E-state index is -1.69. The molecule has 0 radical (unpaired) electrons. The van der Waals surface area contributed by atoms with Gasteiger partial charge in [0.2, 0.25) is 5.78 Å². The molecule has 40 heavy (non-hydrogen) atoms. The number of amides is 3. The lowest BCUT2D eigenvalue weighted by Crippen LogP contribution is -2.41. The van der Waals surface area contributed by atoms with Crippen molar-refractivity contribution in [2.75, 3.05) is 11.9 Å². The number of Topliss-reactive ketones (excluding diaryl/α,β-unsaturated/α-hetero) is 1. The third-order valence-electron chi connectivity index (χ3n) is 5.90. The second kappa shape index (κ2) is 10.8. The van der Waals surface area contributed by atoms with Crippen molar-refractivity contribution >= 4 is 61.6 Å². The maximum absolute atomic E-state index is 13.4. The molecular weight excluding hydrogens is 538 g/mol. The van der Waals surface area contributed by atoms with Crippen LogP contribution in [0.25, 0.3) is 10.2 Å². The fourth-order valence-electron chi connectivity index (χ4n) is 4.02. The first-order valence-corrected chi connectivity index (χ1v) is 12.7. The topological polar surface area (TPSA) is 161 Å². The van der Waals surface area contributed by atoms with Crippen molar-refractivity contribution in [3.05, 3.63) is 94.0 Å². The van der Waals surface area contributed by atoms with E-state index in [2.05, 4.69) is 15.4 Å². The zero-order valence-electron chi connectivity index (χ0n) is 20.8. The monoisotopic (exact) mass is 557 g/mol. The highest BCUT2D eigenvalue weighted by Crippen LogP contribution is 2.30. The summed E-state index contributed by atoms with van der Waals surface area (Å²) in [6.45, 7) is 2.33. The van der Waals surface area contributed by atoms with Crippen LogP contribution in [0.4, 0.5) is 10.8 Å². The van der Waals surface area contributed by atoms with E-state index < -0.39 is 34.3 Å². The van der Waals surface area contributed by atoms with E-state index in [1.165, 1.54) is 12.1 Å². The Kier molecular flexibility index (Phi) is 7.12. The van der Waals surface area contributed by atoms with E-state index in [1.54, 1.807) is 48.5 Å². The predicted molar refractivity (Wildman–Crippen MR) is 145 cm³/mol. The number of hydrazone groups is 1. The Balaban J connectivity index is 1.42. The molecule has 1 unspecified atom stereocenters. The van der Waals surface area contributed by atoms with Crippen molar-refractivity contribution in [2.45, 2.75) is 6.92 Å². The van der Waals surface area contributed by atoms with Crippen LogP contribution in [-0.4, -0.2) is 50.7 Å². The molecule has 1 atom stereocenters. The number of rotatable bonds is 8. The van der Waals surface area contributed by atoms with Gasteiger partial charge in [0.25, 0.3) is 23.4 Å². The summed E-state index contributed by atoms with van der Waals surface area (Å²) in [6, 6.07) is 18.0. The maximum atomic E-state index is 13.4. The van der Waals surface area contributed by atoms with Gasteiger partial charge >= 0.3 is 0 Å². The van der Waals surface area contributed by atoms with Crippen molar-refractivity contribution in [2.24, 2.45) is 11.0 Å². The number of nitro benzene ring substituents is 1. The summed E-state index contributed by atoms with van der Waals surface area (Å²) < 4.78 is 6.20. The second-order valence-corrected chi connectivity index (χ2v) is 9.47. The van der Waals surface area contributed by atoms with Crippen molar-refractivity contribution in [3.63, 3.8) is 0 Å². The summed E-state index contributed by atoms with van der Waals surface area (Å²) in [5, 5.41) is 18.2. The Bertz CT molecular complexity index is 1700. The Morgan fingerprint density at radius 1 is 1.07 bits per heavy atom. The van der Waals surface area contributed by atoms with Gasteiger partial charge in [-0.2, -0.15) is 10.1 Å². The fourth-order valence-corrected chi connectivity index (χ4v) is 4.91. The van der Waals surface area contributed by atoms with Crippen LogP contribution in [0.5, 0.6) is 5.75 Å². The molecule has 1 N–H and O–H groups in total. The molecule has 5 rings (SSSR count). The van der Waals surface area contributed by atoms with Crippen LogP contribution in [0, 0.1) is 16.0 Å². The first-order valence-electron chi connectivity index (χ1n) is 11.9. The van der Waals surface area contributed by atoms with Crippen LogP contribution < -0.4 is 10.1 Å². The van der Waals surface area contributed by atoms with E-state index in [4.69, 9.17) is 4.74 Å². The number of nitro groups is 1. The summed E-state index contributed by atoms with van der Waals surface area (Å²) in [6.07, 6.45) is 0. The Morgan fingerprint density at radius 2 is 1.80 bits per heavy atom. The molecular formula is C27H19N5O7S. The smallest absolute Gasteiger partial charge is 0.294 e. The highest BCUT2D eigenvalue weighted by molar-refractivity contribution is 7.22. The molecule has 4 aromatic rings. The number of hydrogen-bond donors (Lipinski definition) is 1. The molecule has 0 saturated heterocycles. The Labute approximate surface area is 230 Å². The van der Waals surface area contributed by atoms with E-state index in [9.17, 15) is 29.3 Å². The van der Waals surface area contributed by atoms with E-state index in [-0.39, 0.29) is 22.1 Å². The average Bonchev–Trinajstić information content (AvgIpc) is 3.52. The predicted octanol–water partition coefficient (Wildman–Crippen LogP) is 3.81. The van der Waals surface area contributed by atoms with Gasteiger partial charge in [-0.3, -0.25) is 34.6 Å². The van der Waals surface area contributed by atoms with Crippen molar-refractivity contribution < 1.29 is 28.8 Å². The summed E-state index contributed by atoms with van der Waals surface area (Å²) in [4.78, 5) is 67.5. The van der Waals surface area contributed by atoms with Gasteiger partial charge in [0.15, 0.2) is 11.0 Å². The number of carbonyl (C=O) groups excluding carboxylic acids is 4. The number of nitrogens with one attached hydrogen (secondary N) is 1. The van der Waals surface area contributed by atoms with Crippen molar-refractivity contribution in [1.82, 2.24) is 9.99 Å². The van der Waals surface area contributed by atoms with Crippen LogP contribution >= 0.6 is 11.3 Å². The van der Waals surface area contributed by atoms with Gasteiger partial charge < -0.3 is 4.74 Å². The van der Waals surface area contributed by atoms with Gasteiger partial charge in [-0.05, 0) is 42.8 Å². The van der Waals surface area contributed by atoms with Gasteiger partial charge in [0.05, 0.1) is 27.5 Å². The molecule has 12 nitrogen and oxygen atoms in total. The number of non-ortho nitro benzene ring substituents is 1. The van der Waals surface area contributed by atoms with E-state index in [0.29, 0.717) is 28.4 Å². The highest BCUT2D eigenvalue weighted by atomic mass is 32.1. The third-order valence-corrected chi connectivity index (χ3v) is 6.83. The van der Waals surface area contributed by atoms with Crippen LogP contribution in [0.15, 0.2) is 77.9 Å². The van der Waals surface area contributed by atoms with E-state index >= 15 is 0 Å². The first kappa shape index (κ1) is 26.3. The number of thiazole rings is 1. The number of ether oxygens (including phenoxy) is 1. The number of anilines is 1. The van der Waals surface area contributed by atoms with Crippen LogP contribution in [0.3, 0.4) is 0 Å². The highest BCUT2D eigenvalue weighted by Gasteiger charge is 2.46. The molecule has 0 bridgehead atoms. The number of imide groups is 1. The number of aromatic nitrogens is 1. The third kappa shape index (κ3) is 5.05. The Morgan fingerprint density at radius 3 is 2.48 bits per heavy atom. The molecule has 0 saturated carbocycles. The maximum Gasteiger partial charge on any atom is 0.294 e. The lowest BCUT2D eigenvalue weighted by molar-refractivity contribution is -0.384. The quantitative estimate of drug-likeness (QED) is 0.112. The van der Waals surface area contributed by atoms with E-state index in [1.807, 2.05) is 6.92 Å². The molecule has 0 aliphatic carbocycles. The van der Waals surface area contributed by atoms with E-state index in [0.717, 1.165) is 28.2 Å². The molecule has 13 heteroatoms. The van der Waals surface area contributed by atoms with Crippen molar-refractivity contribution in [3.8, 4) is 5.75 Å². The Hall–Kier alpha value is -5.30. The number of ketones is 1. The largest absolute Gasteiger partial charge is 0.494 e. The first-order chi connectivity index (χ1) is 19.3. The zero-order valence-corrected chi connectivity index (χ0v) is 21.6. The molecule has 3 aromatic carbocycles. The minimum Gasteiger partial charge on any atom is -0.494 e. The fraction of sp³-hybridized carbons (Fsp3) is 0.111. The number of benzene rings is 3. The van der Waals surface area contributed by atoms with Crippen LogP contribution in [-0.2, 0) is 14.4 Å². The molecule has 200 valence electrons.